The van der Waals surface area contributed by atoms with Gasteiger partial charge in [0.05, 0.1) is 12.8 Å². The third-order valence-electron chi connectivity index (χ3n) is 8.26. The molecule has 9 nitrogen and oxygen atoms in total. The second-order valence-corrected chi connectivity index (χ2v) is 11.6. The SMILES string of the molecule is COc1ccc(C2CCCCC2)cc1-c1csc(NC(=O)N2CCN(CC3CCCN(C(=O)O)C3)CC2)n1. The number of piperidine rings is 1. The summed E-state index contributed by atoms with van der Waals surface area (Å²) in [6.07, 6.45) is 7.54. The van der Waals surface area contributed by atoms with E-state index in [0.717, 1.165) is 49.5 Å². The summed E-state index contributed by atoms with van der Waals surface area (Å²) in [6, 6.07) is 6.33. The van der Waals surface area contributed by atoms with Crippen LogP contribution in [0.2, 0.25) is 0 Å². The van der Waals surface area contributed by atoms with Gasteiger partial charge in [-0.15, -0.1) is 11.3 Å². The molecule has 3 fully saturated rings. The summed E-state index contributed by atoms with van der Waals surface area (Å²) in [6.45, 7) is 5.02. The van der Waals surface area contributed by atoms with Gasteiger partial charge >= 0.3 is 12.1 Å². The predicted molar refractivity (Wildman–Crippen MR) is 149 cm³/mol. The first-order valence-corrected chi connectivity index (χ1v) is 14.8. The number of carboxylic acid groups (broad SMARTS) is 1. The first-order valence-electron chi connectivity index (χ1n) is 13.9. The van der Waals surface area contributed by atoms with Gasteiger partial charge in [0, 0.05) is 56.8 Å². The average Bonchev–Trinajstić information content (AvgIpc) is 3.42. The molecule has 1 unspecified atom stereocenters. The van der Waals surface area contributed by atoms with Gasteiger partial charge in [0.2, 0.25) is 0 Å². The predicted octanol–water partition coefficient (Wildman–Crippen LogP) is 5.41. The number of ether oxygens (including phenoxy) is 1. The Balaban J connectivity index is 1.15. The van der Waals surface area contributed by atoms with Crippen molar-refractivity contribution >= 4 is 28.6 Å². The normalized spacial score (nSPS) is 21.3. The van der Waals surface area contributed by atoms with Gasteiger partial charge in [0.15, 0.2) is 5.13 Å². The molecule has 5 rings (SSSR count). The number of likely N-dealkylation sites (tertiary alicyclic amines) is 1. The Hall–Kier alpha value is -2.85. The van der Waals surface area contributed by atoms with Crippen molar-refractivity contribution in [3.8, 4) is 17.0 Å². The molecule has 2 aromatic rings. The Morgan fingerprint density at radius 3 is 2.58 bits per heavy atom. The average molecular weight is 542 g/mol. The Morgan fingerprint density at radius 2 is 1.84 bits per heavy atom. The molecule has 3 heterocycles. The van der Waals surface area contributed by atoms with E-state index >= 15 is 0 Å². The molecule has 3 amide bonds. The van der Waals surface area contributed by atoms with Crippen LogP contribution in [0.3, 0.4) is 0 Å². The summed E-state index contributed by atoms with van der Waals surface area (Å²) < 4.78 is 5.64. The lowest BCUT2D eigenvalue weighted by atomic mass is 9.83. The second-order valence-electron chi connectivity index (χ2n) is 10.8. The van der Waals surface area contributed by atoms with Crippen LogP contribution in [-0.4, -0.2) is 89.8 Å². The summed E-state index contributed by atoms with van der Waals surface area (Å²) >= 11 is 1.44. The molecule has 3 aliphatic rings. The molecule has 1 aromatic carbocycles. The molecule has 2 saturated heterocycles. The van der Waals surface area contributed by atoms with Gasteiger partial charge in [0.25, 0.3) is 0 Å². The number of hydrogen-bond acceptors (Lipinski definition) is 6. The maximum atomic E-state index is 13.0. The van der Waals surface area contributed by atoms with E-state index in [1.54, 1.807) is 7.11 Å². The number of carbonyl (C=O) groups is 2. The number of amides is 3. The maximum Gasteiger partial charge on any atom is 0.407 e. The van der Waals surface area contributed by atoms with E-state index in [1.807, 2.05) is 16.3 Å². The first kappa shape index (κ1) is 26.7. The molecule has 38 heavy (non-hydrogen) atoms. The molecule has 0 spiro atoms. The van der Waals surface area contributed by atoms with Crippen LogP contribution in [0.1, 0.15) is 56.4 Å². The third-order valence-corrected chi connectivity index (χ3v) is 9.02. The standard InChI is InChI=1S/C28H39N5O4S/c1-37-25-10-9-22(21-7-3-2-4-8-21)16-23(25)24-19-38-26(29-24)30-27(34)32-14-12-31(13-15-32)17-20-6-5-11-33(18-20)28(35)36/h9-10,16,19-21H,2-8,11-15,17-18H2,1H3,(H,35,36)(H,29,30,34). The van der Waals surface area contributed by atoms with E-state index in [9.17, 15) is 14.7 Å². The minimum absolute atomic E-state index is 0.122. The zero-order valence-corrected chi connectivity index (χ0v) is 23.0. The lowest BCUT2D eigenvalue weighted by molar-refractivity contribution is 0.0915. The molecule has 0 radical (unpaired) electrons. The molecule has 2 N–H and O–H groups in total. The molecular formula is C28H39N5O4S. The quantitative estimate of drug-likeness (QED) is 0.508. The Bertz CT molecular complexity index is 1110. The fourth-order valence-corrected chi connectivity index (χ4v) is 6.83. The van der Waals surface area contributed by atoms with E-state index < -0.39 is 6.09 Å². The van der Waals surface area contributed by atoms with Crippen molar-refractivity contribution in [2.45, 2.75) is 50.9 Å². The van der Waals surface area contributed by atoms with Crippen molar-refractivity contribution < 1.29 is 19.4 Å². The molecule has 206 valence electrons. The molecule has 0 bridgehead atoms. The lowest BCUT2D eigenvalue weighted by Crippen LogP contribution is -2.52. The highest BCUT2D eigenvalue weighted by Crippen LogP contribution is 2.38. The Labute approximate surface area is 228 Å². The molecular weight excluding hydrogens is 502 g/mol. The van der Waals surface area contributed by atoms with E-state index in [2.05, 4.69) is 22.3 Å². The highest BCUT2D eigenvalue weighted by molar-refractivity contribution is 7.14. The van der Waals surface area contributed by atoms with Crippen molar-refractivity contribution in [1.29, 1.82) is 0 Å². The molecule has 1 aliphatic carbocycles. The van der Waals surface area contributed by atoms with Gasteiger partial charge < -0.3 is 19.6 Å². The van der Waals surface area contributed by atoms with Crippen molar-refractivity contribution in [2.24, 2.45) is 5.92 Å². The number of rotatable bonds is 6. The fraction of sp³-hybridized carbons (Fsp3) is 0.607. The van der Waals surface area contributed by atoms with Crippen molar-refractivity contribution in [3.63, 3.8) is 0 Å². The monoisotopic (exact) mass is 541 g/mol. The zero-order valence-electron chi connectivity index (χ0n) is 22.2. The Morgan fingerprint density at radius 1 is 1.05 bits per heavy atom. The van der Waals surface area contributed by atoms with Crippen LogP contribution in [0.15, 0.2) is 23.6 Å². The number of nitrogens with zero attached hydrogens (tertiary/aromatic N) is 4. The molecule has 1 saturated carbocycles. The number of piperazine rings is 1. The van der Waals surface area contributed by atoms with Crippen LogP contribution in [-0.2, 0) is 0 Å². The number of aromatic nitrogens is 1. The van der Waals surface area contributed by atoms with Crippen LogP contribution in [0.25, 0.3) is 11.3 Å². The number of carbonyl (C=O) groups excluding carboxylic acids is 1. The van der Waals surface area contributed by atoms with Gasteiger partial charge in [-0.1, -0.05) is 25.3 Å². The van der Waals surface area contributed by atoms with Gasteiger partial charge in [-0.3, -0.25) is 10.2 Å². The van der Waals surface area contributed by atoms with Crippen molar-refractivity contribution in [2.75, 3.05) is 58.2 Å². The smallest absolute Gasteiger partial charge is 0.407 e. The van der Waals surface area contributed by atoms with Gasteiger partial charge in [0.1, 0.15) is 5.75 Å². The summed E-state index contributed by atoms with van der Waals surface area (Å²) in [5.74, 6) is 1.76. The van der Waals surface area contributed by atoms with E-state index in [0.29, 0.717) is 43.1 Å². The number of benzene rings is 1. The summed E-state index contributed by atoms with van der Waals surface area (Å²) in [4.78, 5) is 34.7. The van der Waals surface area contributed by atoms with E-state index in [-0.39, 0.29) is 6.03 Å². The number of nitrogens with one attached hydrogen (secondary N) is 1. The fourth-order valence-electron chi connectivity index (χ4n) is 6.13. The molecule has 1 aromatic heterocycles. The highest BCUT2D eigenvalue weighted by Gasteiger charge is 2.28. The van der Waals surface area contributed by atoms with Crippen molar-refractivity contribution in [3.05, 3.63) is 29.1 Å². The third kappa shape index (κ3) is 6.40. The summed E-state index contributed by atoms with van der Waals surface area (Å²) in [5, 5.41) is 14.9. The summed E-state index contributed by atoms with van der Waals surface area (Å²) in [7, 11) is 1.68. The van der Waals surface area contributed by atoms with E-state index in [1.165, 1.54) is 53.9 Å². The maximum absolute atomic E-state index is 13.0. The second kappa shape index (κ2) is 12.3. The number of anilines is 1. The zero-order chi connectivity index (χ0) is 26.5. The van der Waals surface area contributed by atoms with Crippen LogP contribution >= 0.6 is 11.3 Å². The first-order chi connectivity index (χ1) is 18.5. The highest BCUT2D eigenvalue weighted by atomic mass is 32.1. The minimum Gasteiger partial charge on any atom is -0.496 e. The Kier molecular flexibility index (Phi) is 8.68. The molecule has 1 atom stereocenters. The number of urea groups is 1. The van der Waals surface area contributed by atoms with Crippen molar-refractivity contribution in [1.82, 2.24) is 19.7 Å². The largest absolute Gasteiger partial charge is 0.496 e. The lowest BCUT2D eigenvalue weighted by Gasteiger charge is -2.38. The molecule has 2 aliphatic heterocycles. The van der Waals surface area contributed by atoms with E-state index in [4.69, 9.17) is 9.72 Å². The topological polar surface area (TPSA) is 98.2 Å². The number of hydrogen-bond donors (Lipinski definition) is 2. The van der Waals surface area contributed by atoms with Crippen LogP contribution < -0.4 is 10.1 Å². The number of thiazole rings is 1. The number of methoxy groups -OCH3 is 1. The van der Waals surface area contributed by atoms with Crippen LogP contribution in [0, 0.1) is 5.92 Å². The minimum atomic E-state index is -0.822. The summed E-state index contributed by atoms with van der Waals surface area (Å²) in [5.41, 5.74) is 3.15. The van der Waals surface area contributed by atoms with Crippen LogP contribution in [0.5, 0.6) is 5.75 Å². The van der Waals surface area contributed by atoms with Gasteiger partial charge in [-0.05, 0) is 55.2 Å². The van der Waals surface area contributed by atoms with Crippen LogP contribution in [0.4, 0.5) is 14.7 Å². The van der Waals surface area contributed by atoms with Gasteiger partial charge in [-0.25, -0.2) is 14.6 Å². The molecule has 10 heteroatoms. The van der Waals surface area contributed by atoms with Gasteiger partial charge in [-0.2, -0.15) is 0 Å².